The number of piperidine rings is 1. The molecular formula is C21H24N2O3S. The predicted molar refractivity (Wildman–Crippen MR) is 108 cm³/mol. The highest BCUT2D eigenvalue weighted by Gasteiger charge is 2.51. The van der Waals surface area contributed by atoms with Crippen LogP contribution >= 0.6 is 0 Å². The number of fused-ring (bicyclic) bond motifs is 1. The highest BCUT2D eigenvalue weighted by molar-refractivity contribution is 7.92. The summed E-state index contributed by atoms with van der Waals surface area (Å²) in [7, 11) is -3.51. The van der Waals surface area contributed by atoms with E-state index < -0.39 is 14.6 Å². The zero-order valence-corrected chi connectivity index (χ0v) is 16.3. The second-order valence-electron chi connectivity index (χ2n) is 7.43. The Morgan fingerprint density at radius 3 is 2.41 bits per heavy atom. The molecule has 2 aliphatic heterocycles. The van der Waals surface area contributed by atoms with Crippen LogP contribution in [0.3, 0.4) is 0 Å². The Bertz CT molecular complexity index is 964. The Morgan fingerprint density at radius 2 is 1.74 bits per heavy atom. The van der Waals surface area contributed by atoms with Gasteiger partial charge in [-0.3, -0.25) is 4.79 Å². The average molecular weight is 385 g/mol. The van der Waals surface area contributed by atoms with Crippen molar-refractivity contribution >= 4 is 21.4 Å². The van der Waals surface area contributed by atoms with Gasteiger partial charge in [-0.15, -0.1) is 0 Å². The number of amides is 1. The number of hydrogen-bond acceptors (Lipinski definition) is 4. The molecule has 0 unspecified atom stereocenters. The SMILES string of the molecule is CS(=O)(=O)C1(C(=O)N2CCc3cc(-c4ccccc4)ccc32)CCNCC1. The van der Waals surface area contributed by atoms with Gasteiger partial charge in [0.25, 0.3) is 0 Å². The summed E-state index contributed by atoms with van der Waals surface area (Å²) in [6.45, 7) is 1.63. The third kappa shape index (κ3) is 3.07. The summed E-state index contributed by atoms with van der Waals surface area (Å²) >= 11 is 0. The van der Waals surface area contributed by atoms with Crippen molar-refractivity contribution in [2.75, 3.05) is 30.8 Å². The molecule has 142 valence electrons. The van der Waals surface area contributed by atoms with Crippen LogP contribution in [0, 0.1) is 0 Å². The molecule has 1 amide bonds. The van der Waals surface area contributed by atoms with Crippen LogP contribution in [0.2, 0.25) is 0 Å². The molecule has 6 heteroatoms. The van der Waals surface area contributed by atoms with E-state index in [1.807, 2.05) is 30.3 Å². The highest BCUT2D eigenvalue weighted by Crippen LogP contribution is 2.37. The van der Waals surface area contributed by atoms with Crippen molar-refractivity contribution in [1.82, 2.24) is 5.32 Å². The van der Waals surface area contributed by atoms with E-state index in [4.69, 9.17) is 0 Å². The Hall–Kier alpha value is -2.18. The van der Waals surface area contributed by atoms with E-state index in [0.717, 1.165) is 28.8 Å². The van der Waals surface area contributed by atoms with E-state index in [-0.39, 0.29) is 5.91 Å². The lowest BCUT2D eigenvalue weighted by molar-refractivity contribution is -0.121. The second kappa shape index (κ2) is 6.77. The Kier molecular flexibility index (Phi) is 4.56. The van der Waals surface area contributed by atoms with Crippen molar-refractivity contribution in [3.8, 4) is 11.1 Å². The molecule has 5 nitrogen and oxygen atoms in total. The van der Waals surface area contributed by atoms with Crippen LogP contribution in [0.5, 0.6) is 0 Å². The largest absolute Gasteiger partial charge is 0.317 e. The molecule has 2 aromatic carbocycles. The molecule has 0 spiro atoms. The van der Waals surface area contributed by atoms with Crippen molar-refractivity contribution in [2.45, 2.75) is 24.0 Å². The highest BCUT2D eigenvalue weighted by atomic mass is 32.2. The summed E-state index contributed by atoms with van der Waals surface area (Å²) in [6, 6.07) is 16.2. The van der Waals surface area contributed by atoms with E-state index in [1.54, 1.807) is 4.90 Å². The Labute approximate surface area is 160 Å². The molecule has 2 heterocycles. The number of sulfone groups is 1. The van der Waals surface area contributed by atoms with Crippen molar-refractivity contribution in [2.24, 2.45) is 0 Å². The number of carbonyl (C=O) groups is 1. The van der Waals surface area contributed by atoms with E-state index in [0.29, 0.717) is 32.5 Å². The molecule has 4 rings (SSSR count). The second-order valence-corrected chi connectivity index (χ2v) is 9.76. The van der Waals surface area contributed by atoms with E-state index in [1.165, 1.54) is 6.26 Å². The van der Waals surface area contributed by atoms with Crippen molar-refractivity contribution in [3.63, 3.8) is 0 Å². The van der Waals surface area contributed by atoms with Crippen LogP contribution in [0.1, 0.15) is 18.4 Å². The van der Waals surface area contributed by atoms with Gasteiger partial charge in [0, 0.05) is 18.5 Å². The molecule has 0 radical (unpaired) electrons. The van der Waals surface area contributed by atoms with Crippen molar-refractivity contribution in [1.29, 1.82) is 0 Å². The normalized spacial score (nSPS) is 18.9. The molecule has 0 aromatic heterocycles. The van der Waals surface area contributed by atoms with Crippen LogP contribution < -0.4 is 10.2 Å². The summed E-state index contributed by atoms with van der Waals surface area (Å²) in [5.41, 5.74) is 4.20. The standard InChI is InChI=1S/C21H24N2O3S/c1-27(25,26)21(10-12-22-13-11-21)20(24)23-14-9-18-15-17(7-8-19(18)23)16-5-3-2-4-6-16/h2-8,15,22H,9-14H2,1H3. The third-order valence-corrected chi connectivity index (χ3v) is 7.84. The smallest absolute Gasteiger partial charge is 0.248 e. The molecule has 1 fully saturated rings. The summed E-state index contributed by atoms with van der Waals surface area (Å²) < 4.78 is 23.9. The van der Waals surface area contributed by atoms with Crippen LogP contribution in [0.25, 0.3) is 11.1 Å². The fourth-order valence-electron chi connectivity index (χ4n) is 4.24. The first-order valence-corrected chi connectivity index (χ1v) is 11.2. The Morgan fingerprint density at radius 1 is 1.04 bits per heavy atom. The zero-order chi connectivity index (χ0) is 19.1. The summed E-state index contributed by atoms with van der Waals surface area (Å²) in [5.74, 6) is -0.266. The van der Waals surface area contributed by atoms with Crippen LogP contribution in [0.15, 0.2) is 48.5 Å². The van der Waals surface area contributed by atoms with Gasteiger partial charge in [0.2, 0.25) is 5.91 Å². The number of anilines is 1. The quantitative estimate of drug-likeness (QED) is 0.883. The lowest BCUT2D eigenvalue weighted by atomic mass is 9.95. The predicted octanol–water partition coefficient (Wildman–Crippen LogP) is 2.41. The molecule has 0 bridgehead atoms. The number of rotatable bonds is 3. The maximum atomic E-state index is 13.4. The minimum atomic E-state index is -3.51. The van der Waals surface area contributed by atoms with Gasteiger partial charge in [0.1, 0.15) is 0 Å². The lowest BCUT2D eigenvalue weighted by Crippen LogP contribution is -2.58. The maximum Gasteiger partial charge on any atom is 0.248 e. The number of benzene rings is 2. The van der Waals surface area contributed by atoms with Gasteiger partial charge in [-0.05, 0) is 61.2 Å². The van der Waals surface area contributed by atoms with Gasteiger partial charge in [0.15, 0.2) is 14.6 Å². The monoisotopic (exact) mass is 384 g/mol. The lowest BCUT2D eigenvalue weighted by Gasteiger charge is -2.37. The van der Waals surface area contributed by atoms with E-state index in [9.17, 15) is 13.2 Å². The number of carbonyl (C=O) groups excluding carboxylic acids is 1. The van der Waals surface area contributed by atoms with Crippen molar-refractivity contribution < 1.29 is 13.2 Å². The molecule has 1 saturated heterocycles. The summed E-state index contributed by atoms with van der Waals surface area (Å²) in [6.07, 6.45) is 2.61. The van der Waals surface area contributed by atoms with Gasteiger partial charge in [-0.25, -0.2) is 8.42 Å². The molecule has 0 saturated carbocycles. The molecule has 1 N–H and O–H groups in total. The van der Waals surface area contributed by atoms with E-state index in [2.05, 4.69) is 23.5 Å². The number of nitrogens with zero attached hydrogens (tertiary/aromatic N) is 1. The zero-order valence-electron chi connectivity index (χ0n) is 15.4. The maximum absolute atomic E-state index is 13.4. The molecule has 0 aliphatic carbocycles. The van der Waals surface area contributed by atoms with Gasteiger partial charge in [0.05, 0.1) is 0 Å². The van der Waals surface area contributed by atoms with Crippen LogP contribution in [-0.4, -0.2) is 45.0 Å². The molecule has 27 heavy (non-hydrogen) atoms. The van der Waals surface area contributed by atoms with Crippen LogP contribution in [-0.2, 0) is 21.1 Å². The van der Waals surface area contributed by atoms with Gasteiger partial charge in [-0.1, -0.05) is 36.4 Å². The first-order chi connectivity index (χ1) is 12.9. The minimum Gasteiger partial charge on any atom is -0.317 e. The van der Waals surface area contributed by atoms with Crippen molar-refractivity contribution in [3.05, 3.63) is 54.1 Å². The number of nitrogens with one attached hydrogen (secondary N) is 1. The molecular weight excluding hydrogens is 360 g/mol. The van der Waals surface area contributed by atoms with Crippen LogP contribution in [0.4, 0.5) is 5.69 Å². The molecule has 2 aliphatic rings. The average Bonchev–Trinajstić information content (AvgIpc) is 3.11. The third-order valence-electron chi connectivity index (χ3n) is 5.84. The first-order valence-electron chi connectivity index (χ1n) is 9.33. The summed E-state index contributed by atoms with van der Waals surface area (Å²) in [4.78, 5) is 15.1. The van der Waals surface area contributed by atoms with Gasteiger partial charge in [-0.2, -0.15) is 0 Å². The summed E-state index contributed by atoms with van der Waals surface area (Å²) in [5, 5.41) is 3.17. The molecule has 2 aromatic rings. The Balaban J connectivity index is 1.69. The fraction of sp³-hybridized carbons (Fsp3) is 0.381. The topological polar surface area (TPSA) is 66.5 Å². The molecule has 0 atom stereocenters. The van der Waals surface area contributed by atoms with Gasteiger partial charge >= 0.3 is 0 Å². The first kappa shape index (κ1) is 18.2. The minimum absolute atomic E-state index is 0.266. The van der Waals surface area contributed by atoms with Gasteiger partial charge < -0.3 is 10.2 Å². The number of hydrogen-bond donors (Lipinski definition) is 1. The fourth-order valence-corrected chi connectivity index (χ4v) is 5.62. The van der Waals surface area contributed by atoms with E-state index >= 15 is 0 Å².